The van der Waals surface area contributed by atoms with E-state index < -0.39 is 0 Å². The average molecular weight is 254 g/mol. The number of ether oxygens (including phenoxy) is 1. The zero-order valence-corrected chi connectivity index (χ0v) is 10.8. The van der Waals surface area contributed by atoms with Gasteiger partial charge in [-0.25, -0.2) is 0 Å². The molecule has 0 saturated heterocycles. The molecular formula is C13H18O3S. The van der Waals surface area contributed by atoms with Crippen LogP contribution < -0.4 is 0 Å². The van der Waals surface area contributed by atoms with Crippen LogP contribution >= 0.6 is 11.8 Å². The highest BCUT2D eigenvalue weighted by Gasteiger charge is 2.14. The van der Waals surface area contributed by atoms with Gasteiger partial charge in [-0.15, -0.1) is 0 Å². The van der Waals surface area contributed by atoms with Crippen LogP contribution in [-0.2, 0) is 16.1 Å². The van der Waals surface area contributed by atoms with Crippen molar-refractivity contribution in [2.45, 2.75) is 13.5 Å². The number of aliphatic hydroxyl groups is 1. The molecule has 94 valence electrons. The Morgan fingerprint density at radius 3 is 2.76 bits per heavy atom. The van der Waals surface area contributed by atoms with Gasteiger partial charge in [0.15, 0.2) is 0 Å². The van der Waals surface area contributed by atoms with Gasteiger partial charge in [-0.05, 0) is 5.56 Å². The topological polar surface area (TPSA) is 46.5 Å². The number of esters is 1. The van der Waals surface area contributed by atoms with E-state index in [1.165, 1.54) is 0 Å². The standard InChI is InChI=1S/C13H18O3S/c1-11(10-17-8-7-14)13(15)16-9-12-5-3-2-4-6-12/h2-6,11,14H,7-10H2,1H3. The van der Waals surface area contributed by atoms with Crippen LogP contribution in [0.4, 0.5) is 0 Å². The predicted molar refractivity (Wildman–Crippen MR) is 69.8 cm³/mol. The summed E-state index contributed by atoms with van der Waals surface area (Å²) >= 11 is 1.56. The third kappa shape index (κ3) is 5.75. The summed E-state index contributed by atoms with van der Waals surface area (Å²) in [5, 5.41) is 8.63. The fraction of sp³-hybridized carbons (Fsp3) is 0.462. The minimum Gasteiger partial charge on any atom is -0.461 e. The van der Waals surface area contributed by atoms with Gasteiger partial charge in [-0.1, -0.05) is 37.3 Å². The predicted octanol–water partition coefficient (Wildman–Crippen LogP) is 2.09. The number of aliphatic hydroxyl groups excluding tert-OH is 1. The number of hydrogen-bond acceptors (Lipinski definition) is 4. The summed E-state index contributed by atoms with van der Waals surface area (Å²) in [6.07, 6.45) is 0. The fourth-order valence-electron chi connectivity index (χ4n) is 1.26. The Hall–Kier alpha value is -1.00. The molecule has 0 bridgehead atoms. The molecular weight excluding hydrogens is 236 g/mol. The van der Waals surface area contributed by atoms with Gasteiger partial charge in [-0.3, -0.25) is 4.79 Å². The van der Waals surface area contributed by atoms with Gasteiger partial charge < -0.3 is 9.84 Å². The normalized spacial score (nSPS) is 12.1. The number of carbonyl (C=O) groups excluding carboxylic acids is 1. The fourth-order valence-corrected chi connectivity index (χ4v) is 2.05. The van der Waals surface area contributed by atoms with Crippen LogP contribution in [0.25, 0.3) is 0 Å². The van der Waals surface area contributed by atoms with Crippen molar-refractivity contribution in [1.29, 1.82) is 0 Å². The van der Waals surface area contributed by atoms with Crippen molar-refractivity contribution >= 4 is 17.7 Å². The molecule has 0 fully saturated rings. The van der Waals surface area contributed by atoms with Crippen molar-refractivity contribution in [3.8, 4) is 0 Å². The maximum Gasteiger partial charge on any atom is 0.309 e. The van der Waals surface area contributed by atoms with Crippen LogP contribution in [-0.4, -0.2) is 29.2 Å². The van der Waals surface area contributed by atoms with E-state index in [4.69, 9.17) is 9.84 Å². The van der Waals surface area contributed by atoms with E-state index in [-0.39, 0.29) is 18.5 Å². The molecule has 17 heavy (non-hydrogen) atoms. The second kappa shape index (κ2) is 8.14. The largest absolute Gasteiger partial charge is 0.461 e. The number of rotatable bonds is 7. The maximum atomic E-state index is 11.6. The Balaban J connectivity index is 2.24. The van der Waals surface area contributed by atoms with E-state index in [0.717, 1.165) is 5.56 Å². The maximum absolute atomic E-state index is 11.6. The van der Waals surface area contributed by atoms with Gasteiger partial charge in [0.1, 0.15) is 6.61 Å². The monoisotopic (exact) mass is 254 g/mol. The Morgan fingerprint density at radius 2 is 2.12 bits per heavy atom. The molecule has 0 saturated carbocycles. The lowest BCUT2D eigenvalue weighted by Crippen LogP contribution is -2.17. The number of carbonyl (C=O) groups is 1. The van der Waals surface area contributed by atoms with E-state index >= 15 is 0 Å². The van der Waals surface area contributed by atoms with Gasteiger partial charge >= 0.3 is 5.97 Å². The van der Waals surface area contributed by atoms with Gasteiger partial charge in [0.2, 0.25) is 0 Å². The molecule has 0 aliphatic heterocycles. The molecule has 1 N–H and O–H groups in total. The van der Waals surface area contributed by atoms with Crippen LogP contribution in [0.15, 0.2) is 30.3 Å². The third-order valence-corrected chi connectivity index (χ3v) is 3.44. The van der Waals surface area contributed by atoms with Crippen LogP contribution in [0.3, 0.4) is 0 Å². The third-order valence-electron chi connectivity index (χ3n) is 2.23. The Morgan fingerprint density at radius 1 is 1.41 bits per heavy atom. The first-order valence-electron chi connectivity index (χ1n) is 5.63. The van der Waals surface area contributed by atoms with Gasteiger partial charge in [0, 0.05) is 11.5 Å². The number of hydrogen-bond donors (Lipinski definition) is 1. The summed E-state index contributed by atoms with van der Waals surface area (Å²) < 4.78 is 5.21. The van der Waals surface area contributed by atoms with Crippen LogP contribution in [0.5, 0.6) is 0 Å². The van der Waals surface area contributed by atoms with Crippen LogP contribution in [0.1, 0.15) is 12.5 Å². The molecule has 0 aromatic heterocycles. The molecule has 0 spiro atoms. The minimum atomic E-state index is -0.181. The molecule has 1 aromatic rings. The summed E-state index contributed by atoms with van der Waals surface area (Å²) in [7, 11) is 0. The highest BCUT2D eigenvalue weighted by molar-refractivity contribution is 7.99. The molecule has 3 nitrogen and oxygen atoms in total. The first-order chi connectivity index (χ1) is 8.24. The van der Waals surface area contributed by atoms with Crippen molar-refractivity contribution in [2.75, 3.05) is 18.1 Å². The average Bonchev–Trinajstić information content (AvgIpc) is 2.37. The van der Waals surface area contributed by atoms with Gasteiger partial charge in [-0.2, -0.15) is 11.8 Å². The van der Waals surface area contributed by atoms with E-state index in [1.54, 1.807) is 11.8 Å². The highest BCUT2D eigenvalue weighted by Crippen LogP contribution is 2.10. The summed E-state index contributed by atoms with van der Waals surface area (Å²) in [6, 6.07) is 9.63. The Bertz CT molecular complexity index is 327. The van der Waals surface area contributed by atoms with Crippen molar-refractivity contribution in [3.63, 3.8) is 0 Å². The highest BCUT2D eigenvalue weighted by atomic mass is 32.2. The minimum absolute atomic E-state index is 0.129. The zero-order chi connectivity index (χ0) is 12.5. The van der Waals surface area contributed by atoms with E-state index in [9.17, 15) is 4.79 Å². The number of benzene rings is 1. The molecule has 0 aliphatic rings. The molecule has 1 aromatic carbocycles. The lowest BCUT2D eigenvalue weighted by Gasteiger charge is -2.10. The lowest BCUT2D eigenvalue weighted by atomic mass is 10.2. The van der Waals surface area contributed by atoms with Crippen molar-refractivity contribution in [1.82, 2.24) is 0 Å². The second-order valence-electron chi connectivity index (χ2n) is 3.79. The molecule has 0 amide bonds. The van der Waals surface area contributed by atoms with E-state index in [0.29, 0.717) is 18.1 Å². The summed E-state index contributed by atoms with van der Waals surface area (Å²) in [5.41, 5.74) is 0.996. The van der Waals surface area contributed by atoms with Crippen molar-refractivity contribution in [3.05, 3.63) is 35.9 Å². The SMILES string of the molecule is CC(CSCCO)C(=O)OCc1ccccc1. The quantitative estimate of drug-likeness (QED) is 0.598. The lowest BCUT2D eigenvalue weighted by molar-refractivity contribution is -0.148. The second-order valence-corrected chi connectivity index (χ2v) is 4.94. The summed E-state index contributed by atoms with van der Waals surface area (Å²) in [6.45, 7) is 2.32. The van der Waals surface area contributed by atoms with Crippen LogP contribution in [0, 0.1) is 5.92 Å². The molecule has 0 radical (unpaired) electrons. The Labute approximate surface area is 106 Å². The molecule has 0 aliphatic carbocycles. The van der Waals surface area contributed by atoms with Crippen LogP contribution in [0.2, 0.25) is 0 Å². The van der Waals surface area contributed by atoms with Gasteiger partial charge in [0.05, 0.1) is 12.5 Å². The molecule has 1 unspecified atom stereocenters. The van der Waals surface area contributed by atoms with E-state index in [2.05, 4.69) is 0 Å². The van der Waals surface area contributed by atoms with Crippen molar-refractivity contribution in [2.24, 2.45) is 5.92 Å². The first kappa shape index (κ1) is 14.1. The summed E-state index contributed by atoms with van der Waals surface area (Å²) in [5.74, 6) is 1.04. The summed E-state index contributed by atoms with van der Waals surface area (Å²) in [4.78, 5) is 11.6. The first-order valence-corrected chi connectivity index (χ1v) is 6.78. The molecule has 1 rings (SSSR count). The van der Waals surface area contributed by atoms with E-state index in [1.807, 2.05) is 37.3 Å². The van der Waals surface area contributed by atoms with Gasteiger partial charge in [0.25, 0.3) is 0 Å². The molecule has 1 atom stereocenters. The van der Waals surface area contributed by atoms with Crippen molar-refractivity contribution < 1.29 is 14.6 Å². The molecule has 4 heteroatoms. The smallest absolute Gasteiger partial charge is 0.309 e. The Kier molecular flexibility index (Phi) is 6.74. The molecule has 0 heterocycles. The number of thioether (sulfide) groups is 1. The zero-order valence-electron chi connectivity index (χ0n) is 9.96.